The summed E-state index contributed by atoms with van der Waals surface area (Å²) in [4.78, 5) is 2.12. The fourth-order valence-electron chi connectivity index (χ4n) is 5.27. The van der Waals surface area contributed by atoms with Crippen LogP contribution in [0.15, 0.2) is 183 Å². The summed E-state index contributed by atoms with van der Waals surface area (Å²) in [6.07, 6.45) is 0. The smallest absolute Gasteiger partial charge is 0.465 e. The van der Waals surface area contributed by atoms with Crippen LogP contribution >= 0.6 is 15.9 Å². The highest BCUT2D eigenvalue weighted by Crippen LogP contribution is 2.35. The van der Waals surface area contributed by atoms with E-state index in [4.69, 9.17) is 18.9 Å². The van der Waals surface area contributed by atoms with Crippen molar-refractivity contribution in [1.82, 2.24) is 0 Å². The Morgan fingerprint density at radius 3 is 1.31 bits per heavy atom. The van der Waals surface area contributed by atoms with E-state index in [9.17, 15) is 10.0 Å². The quantitative estimate of drug-likeness (QED) is 0.105. The molecule has 11 heteroatoms. The van der Waals surface area contributed by atoms with E-state index >= 15 is 0 Å². The molecule has 0 aliphatic rings. The molecule has 51 heavy (non-hydrogen) atoms. The van der Waals surface area contributed by atoms with Crippen molar-refractivity contribution in [3.8, 4) is 0 Å². The fourth-order valence-corrected chi connectivity index (χ4v) is 5.61. The second-order valence-corrected chi connectivity index (χ2v) is 12.2. The summed E-state index contributed by atoms with van der Waals surface area (Å²) in [5.74, 6) is 0. The normalized spacial score (nSPS) is 10.5. The van der Waals surface area contributed by atoms with Gasteiger partial charge in [0.25, 0.3) is 0 Å². The van der Waals surface area contributed by atoms with Gasteiger partial charge in [-0.3, -0.25) is 0 Å². The Balaban J connectivity index is 0.000000145. The summed E-state index contributed by atoms with van der Waals surface area (Å²) >= 11 is 3.29. The van der Waals surface area contributed by atoms with Crippen molar-refractivity contribution >= 4 is 91.9 Å². The minimum atomic E-state index is -1.62. The van der Waals surface area contributed by atoms with Gasteiger partial charge in [-0.05, 0) is 84.9 Å². The van der Waals surface area contributed by atoms with Crippen molar-refractivity contribution in [1.29, 1.82) is 0 Å². The Kier molecular flexibility index (Phi) is 11.7. The molecule has 2 heterocycles. The standard InChI is InChI=1S/C20H16BNO3.C12H11N.C8H6BBrO3/c23-21(24)20-13-15-11-12-18(14-19(15)25-20)22(16-7-3-1-4-8-16)17-9-5-2-6-10-17;1-3-7-11(8-4-1)13-12-9-5-2-6-10-12;10-6-2-1-5-3-8(9(11)12)13-7(5)4-6/h1-14,23-24H;1-10,13H;1-4,11-12H. The van der Waals surface area contributed by atoms with Gasteiger partial charge >= 0.3 is 14.2 Å². The van der Waals surface area contributed by atoms with Crippen molar-refractivity contribution in [3.05, 3.63) is 174 Å². The Morgan fingerprint density at radius 2 is 0.863 bits per heavy atom. The molecule has 0 aliphatic carbocycles. The predicted molar refractivity (Wildman–Crippen MR) is 211 cm³/mol. The van der Waals surface area contributed by atoms with Crippen LogP contribution in [-0.4, -0.2) is 34.3 Å². The van der Waals surface area contributed by atoms with Crippen molar-refractivity contribution in [3.63, 3.8) is 0 Å². The molecular weight excluding hydrogens is 706 g/mol. The van der Waals surface area contributed by atoms with E-state index in [0.29, 0.717) is 11.2 Å². The lowest BCUT2D eigenvalue weighted by Gasteiger charge is -2.25. The van der Waals surface area contributed by atoms with Gasteiger partial charge in [-0.25, -0.2) is 0 Å². The fraction of sp³-hybridized carbons (Fsp3) is 0. The number of nitrogens with one attached hydrogen (secondary N) is 1. The molecule has 0 saturated carbocycles. The summed E-state index contributed by atoms with van der Waals surface area (Å²) in [6, 6.07) is 55.0. The van der Waals surface area contributed by atoms with Gasteiger partial charge in [0, 0.05) is 49.7 Å². The first-order valence-electron chi connectivity index (χ1n) is 16.1. The number of halogens is 1. The van der Waals surface area contributed by atoms with E-state index in [0.717, 1.165) is 43.7 Å². The first-order valence-corrected chi connectivity index (χ1v) is 16.9. The highest BCUT2D eigenvalue weighted by Gasteiger charge is 2.19. The molecule has 2 aromatic heterocycles. The molecule has 8 rings (SSSR count). The molecule has 0 amide bonds. The third kappa shape index (κ3) is 9.37. The summed E-state index contributed by atoms with van der Waals surface area (Å²) in [6.45, 7) is 0. The Bertz CT molecular complexity index is 2190. The van der Waals surface area contributed by atoms with Crippen molar-refractivity contribution < 1.29 is 28.9 Å². The van der Waals surface area contributed by atoms with Crippen LogP contribution in [0.25, 0.3) is 21.9 Å². The van der Waals surface area contributed by atoms with Gasteiger partial charge in [0.05, 0.1) is 0 Å². The highest BCUT2D eigenvalue weighted by atomic mass is 79.9. The number of anilines is 5. The second kappa shape index (κ2) is 16.9. The molecule has 0 spiro atoms. The number of furan rings is 2. The molecule has 8 aromatic rings. The lowest BCUT2D eigenvalue weighted by molar-refractivity contribution is 0.411. The molecule has 0 atom stereocenters. The van der Waals surface area contributed by atoms with Crippen LogP contribution in [0.2, 0.25) is 0 Å². The van der Waals surface area contributed by atoms with Crippen LogP contribution < -0.4 is 21.5 Å². The minimum Gasteiger partial charge on any atom is -0.465 e. The van der Waals surface area contributed by atoms with Gasteiger partial charge in [0.2, 0.25) is 0 Å². The molecule has 8 nitrogen and oxygen atoms in total. The van der Waals surface area contributed by atoms with E-state index in [1.54, 1.807) is 18.2 Å². The molecule has 6 aromatic carbocycles. The first-order chi connectivity index (χ1) is 24.8. The van der Waals surface area contributed by atoms with E-state index in [1.165, 1.54) is 0 Å². The van der Waals surface area contributed by atoms with Crippen LogP contribution in [0.5, 0.6) is 0 Å². The van der Waals surface area contributed by atoms with Crippen LogP contribution in [0.1, 0.15) is 0 Å². The molecule has 252 valence electrons. The molecular formula is C40H33B2BrN2O6. The van der Waals surface area contributed by atoms with Gasteiger partial charge < -0.3 is 39.1 Å². The number of hydrogen-bond acceptors (Lipinski definition) is 8. The Labute approximate surface area is 304 Å². The average molecular weight is 739 g/mol. The van der Waals surface area contributed by atoms with Gasteiger partial charge in [-0.1, -0.05) is 94.8 Å². The zero-order valence-corrected chi connectivity index (χ0v) is 28.8. The van der Waals surface area contributed by atoms with E-state index < -0.39 is 14.2 Å². The summed E-state index contributed by atoms with van der Waals surface area (Å²) in [5.41, 5.74) is 6.77. The molecule has 0 radical (unpaired) electrons. The number of hydrogen-bond donors (Lipinski definition) is 5. The maximum absolute atomic E-state index is 9.31. The average Bonchev–Trinajstić information content (AvgIpc) is 3.79. The topological polar surface area (TPSA) is 122 Å². The lowest BCUT2D eigenvalue weighted by Crippen LogP contribution is -2.27. The minimum absolute atomic E-state index is 0.137. The number of nitrogens with zero attached hydrogens (tertiary/aromatic N) is 1. The van der Waals surface area contributed by atoms with Crippen molar-refractivity contribution in [2.45, 2.75) is 0 Å². The van der Waals surface area contributed by atoms with Gasteiger partial charge in [0.15, 0.2) is 0 Å². The first kappa shape index (κ1) is 35.3. The highest BCUT2D eigenvalue weighted by molar-refractivity contribution is 9.10. The number of benzene rings is 6. The molecule has 0 aliphatic heterocycles. The lowest BCUT2D eigenvalue weighted by atomic mass is 9.88. The van der Waals surface area contributed by atoms with Crippen molar-refractivity contribution in [2.24, 2.45) is 0 Å². The Hall–Kier alpha value is -5.55. The van der Waals surface area contributed by atoms with E-state index in [2.05, 4.69) is 26.1 Å². The van der Waals surface area contributed by atoms with E-state index in [-0.39, 0.29) is 11.3 Å². The maximum atomic E-state index is 9.31. The molecule has 5 N–H and O–H groups in total. The van der Waals surface area contributed by atoms with Gasteiger partial charge in [0.1, 0.15) is 22.5 Å². The third-order valence-corrected chi connectivity index (χ3v) is 8.15. The predicted octanol–water partition coefficient (Wildman–Crippen LogP) is 7.89. The van der Waals surface area contributed by atoms with E-state index in [1.807, 2.05) is 152 Å². The summed E-state index contributed by atoms with van der Waals surface area (Å²) in [5, 5.41) is 41.3. The third-order valence-electron chi connectivity index (χ3n) is 7.66. The largest absolute Gasteiger partial charge is 0.526 e. The van der Waals surface area contributed by atoms with Gasteiger partial charge in [-0.2, -0.15) is 0 Å². The number of rotatable bonds is 7. The molecule has 0 unspecified atom stereocenters. The van der Waals surface area contributed by atoms with Crippen molar-refractivity contribution in [2.75, 3.05) is 10.2 Å². The van der Waals surface area contributed by atoms with Crippen LogP contribution in [0.4, 0.5) is 28.4 Å². The van der Waals surface area contributed by atoms with Crippen LogP contribution in [-0.2, 0) is 0 Å². The number of para-hydroxylation sites is 4. The zero-order chi connectivity index (χ0) is 35.6. The maximum Gasteiger partial charge on any atom is 0.526 e. The van der Waals surface area contributed by atoms with Gasteiger partial charge in [-0.15, -0.1) is 0 Å². The summed E-state index contributed by atoms with van der Waals surface area (Å²) in [7, 11) is -3.17. The zero-order valence-electron chi connectivity index (χ0n) is 27.3. The molecule has 0 bridgehead atoms. The second-order valence-electron chi connectivity index (χ2n) is 11.3. The summed E-state index contributed by atoms with van der Waals surface area (Å²) < 4.78 is 11.6. The monoisotopic (exact) mass is 738 g/mol. The number of fused-ring (bicyclic) bond motifs is 2. The van der Waals surface area contributed by atoms with Crippen LogP contribution in [0.3, 0.4) is 0 Å². The molecule has 0 fully saturated rings. The molecule has 0 saturated heterocycles. The SMILES string of the molecule is OB(O)c1cc2ccc(Br)cc2o1.OB(O)c1cc2ccc(N(c3ccccc3)c3ccccc3)cc2o1.c1ccc(Nc2ccccc2)cc1. The Morgan fingerprint density at radius 1 is 0.451 bits per heavy atom. The van der Waals surface area contributed by atoms with Crippen LogP contribution in [0, 0.1) is 0 Å².